The maximum absolute atomic E-state index is 13.4. The fraction of sp³-hybridized carbons (Fsp3) is 0.292. The van der Waals surface area contributed by atoms with Crippen molar-refractivity contribution in [3.8, 4) is 5.75 Å². The van der Waals surface area contributed by atoms with E-state index in [9.17, 15) is 13.2 Å². The minimum absolute atomic E-state index is 0.0252. The first-order valence-electron chi connectivity index (χ1n) is 10.3. The zero-order chi connectivity index (χ0) is 21.8. The Morgan fingerprint density at radius 2 is 1.81 bits per heavy atom. The molecule has 1 fully saturated rings. The van der Waals surface area contributed by atoms with Crippen LogP contribution in [0.2, 0.25) is 0 Å². The van der Waals surface area contributed by atoms with E-state index in [0.717, 1.165) is 42.0 Å². The van der Waals surface area contributed by atoms with E-state index in [4.69, 9.17) is 8.92 Å². The molecule has 1 atom stereocenters. The molecular formula is C24H25NO5S. The molecule has 0 bridgehead atoms. The number of ether oxygens (including phenoxy) is 1. The monoisotopic (exact) mass is 439 g/mol. The molecule has 0 N–H and O–H groups in total. The van der Waals surface area contributed by atoms with Gasteiger partial charge in [-0.05, 0) is 53.4 Å². The molecule has 1 heterocycles. The van der Waals surface area contributed by atoms with Gasteiger partial charge in [-0.1, -0.05) is 42.5 Å². The largest absolute Gasteiger partial charge is 0.383 e. The molecular weight excluding hydrogens is 414 g/mol. The Morgan fingerprint density at radius 3 is 2.48 bits per heavy atom. The molecule has 3 aromatic carbocycles. The van der Waals surface area contributed by atoms with Crippen LogP contribution in [0.1, 0.15) is 28.8 Å². The van der Waals surface area contributed by atoms with E-state index in [0.29, 0.717) is 18.7 Å². The summed E-state index contributed by atoms with van der Waals surface area (Å²) in [5.41, 5.74) is 1.52. The second kappa shape index (κ2) is 9.08. The average molecular weight is 440 g/mol. The Kier molecular flexibility index (Phi) is 6.25. The quantitative estimate of drug-likeness (QED) is 0.521. The lowest BCUT2D eigenvalue weighted by atomic mass is 10.1. The van der Waals surface area contributed by atoms with Gasteiger partial charge in [0, 0.05) is 25.3 Å². The Balaban J connectivity index is 1.56. The Hall–Kier alpha value is -2.90. The summed E-state index contributed by atoms with van der Waals surface area (Å²) in [4.78, 5) is 15.2. The second-order valence-electron chi connectivity index (χ2n) is 7.81. The smallest absolute Gasteiger partial charge is 0.306 e. The lowest BCUT2D eigenvalue weighted by Gasteiger charge is -2.26. The van der Waals surface area contributed by atoms with Crippen LogP contribution in [0.5, 0.6) is 5.75 Å². The molecule has 0 radical (unpaired) electrons. The molecule has 3 aromatic rings. The molecule has 1 aliphatic heterocycles. The van der Waals surface area contributed by atoms with Crippen molar-refractivity contribution in [3.63, 3.8) is 0 Å². The Morgan fingerprint density at radius 1 is 1.06 bits per heavy atom. The molecule has 4 rings (SSSR count). The number of fused-ring (bicyclic) bond motifs is 1. The van der Waals surface area contributed by atoms with Gasteiger partial charge in [0.15, 0.2) is 0 Å². The first kappa shape index (κ1) is 21.3. The number of rotatable bonds is 7. The highest BCUT2D eigenvalue weighted by Gasteiger charge is 2.24. The lowest BCUT2D eigenvalue weighted by Crippen LogP contribution is -2.37. The zero-order valence-electron chi connectivity index (χ0n) is 17.4. The summed E-state index contributed by atoms with van der Waals surface area (Å²) in [6, 6.07) is 20.4. The summed E-state index contributed by atoms with van der Waals surface area (Å²) >= 11 is 0. The van der Waals surface area contributed by atoms with Crippen LogP contribution >= 0.6 is 0 Å². The highest BCUT2D eigenvalue weighted by Crippen LogP contribution is 2.21. The van der Waals surface area contributed by atoms with Crippen LogP contribution in [-0.4, -0.2) is 44.7 Å². The van der Waals surface area contributed by atoms with Gasteiger partial charge in [0.05, 0.1) is 12.4 Å². The van der Waals surface area contributed by atoms with Crippen molar-refractivity contribution < 1.29 is 22.1 Å². The normalized spacial score (nSPS) is 16.4. The number of benzene rings is 3. The first-order valence-corrected chi connectivity index (χ1v) is 12.1. The summed E-state index contributed by atoms with van der Waals surface area (Å²) in [5.74, 6) is 0.190. The van der Waals surface area contributed by atoms with Crippen molar-refractivity contribution in [2.45, 2.75) is 25.5 Å². The van der Waals surface area contributed by atoms with Crippen LogP contribution in [0, 0.1) is 0 Å². The van der Waals surface area contributed by atoms with Crippen molar-refractivity contribution in [1.82, 2.24) is 4.90 Å². The molecule has 162 valence electrons. The van der Waals surface area contributed by atoms with E-state index in [1.54, 1.807) is 29.2 Å². The van der Waals surface area contributed by atoms with Crippen LogP contribution in [0.4, 0.5) is 0 Å². The minimum atomic E-state index is -3.58. The Labute approximate surface area is 182 Å². The summed E-state index contributed by atoms with van der Waals surface area (Å²) in [6.07, 6.45) is 2.97. The maximum atomic E-state index is 13.4. The average Bonchev–Trinajstić information content (AvgIpc) is 3.26. The third-order valence-electron chi connectivity index (χ3n) is 5.28. The summed E-state index contributed by atoms with van der Waals surface area (Å²) in [7, 11) is -3.58. The highest BCUT2D eigenvalue weighted by atomic mass is 32.2. The maximum Gasteiger partial charge on any atom is 0.306 e. The fourth-order valence-corrected chi connectivity index (χ4v) is 4.26. The number of amides is 1. The van der Waals surface area contributed by atoms with E-state index in [2.05, 4.69) is 0 Å². The van der Waals surface area contributed by atoms with Crippen molar-refractivity contribution >= 4 is 26.8 Å². The summed E-state index contributed by atoms with van der Waals surface area (Å²) in [5, 5.41) is 2.11. The van der Waals surface area contributed by atoms with E-state index < -0.39 is 10.1 Å². The van der Waals surface area contributed by atoms with E-state index in [1.807, 2.05) is 42.5 Å². The third kappa shape index (κ3) is 5.62. The van der Waals surface area contributed by atoms with Gasteiger partial charge in [-0.2, -0.15) is 8.42 Å². The highest BCUT2D eigenvalue weighted by molar-refractivity contribution is 7.86. The molecule has 0 aliphatic carbocycles. The van der Waals surface area contributed by atoms with Crippen molar-refractivity contribution in [2.75, 3.05) is 19.4 Å². The minimum Gasteiger partial charge on any atom is -0.383 e. The van der Waals surface area contributed by atoms with Crippen molar-refractivity contribution in [1.29, 1.82) is 0 Å². The molecule has 1 amide bonds. The molecule has 1 aliphatic rings. The van der Waals surface area contributed by atoms with E-state index in [-0.39, 0.29) is 17.8 Å². The van der Waals surface area contributed by atoms with Gasteiger partial charge in [0.25, 0.3) is 5.91 Å². The van der Waals surface area contributed by atoms with Gasteiger partial charge in [-0.15, -0.1) is 0 Å². The zero-order valence-corrected chi connectivity index (χ0v) is 18.2. The Bertz CT molecular complexity index is 1170. The molecule has 6 nitrogen and oxygen atoms in total. The lowest BCUT2D eigenvalue weighted by molar-refractivity contribution is 0.0507. The summed E-state index contributed by atoms with van der Waals surface area (Å²) < 4.78 is 33.3. The topological polar surface area (TPSA) is 72.9 Å². The number of nitrogens with zero attached hydrogens (tertiary/aromatic N) is 1. The summed E-state index contributed by atoms with van der Waals surface area (Å²) in [6.45, 7) is 1.62. The number of hydrogen-bond donors (Lipinski definition) is 0. The SMILES string of the molecule is CS(=O)(=O)Oc1ccc(CN(CC2CCCO2)C(=O)c2ccc3ccccc3c2)cc1. The molecule has 0 spiro atoms. The molecule has 31 heavy (non-hydrogen) atoms. The molecule has 1 unspecified atom stereocenters. The third-order valence-corrected chi connectivity index (χ3v) is 5.77. The number of hydrogen-bond acceptors (Lipinski definition) is 5. The van der Waals surface area contributed by atoms with E-state index in [1.165, 1.54) is 0 Å². The molecule has 7 heteroatoms. The van der Waals surface area contributed by atoms with Gasteiger partial charge < -0.3 is 13.8 Å². The fourth-order valence-electron chi connectivity index (χ4n) is 3.80. The van der Waals surface area contributed by atoms with Crippen LogP contribution in [0.3, 0.4) is 0 Å². The number of carbonyl (C=O) groups is 1. The first-order chi connectivity index (χ1) is 14.9. The van der Waals surface area contributed by atoms with Crippen LogP contribution in [0.25, 0.3) is 10.8 Å². The predicted molar refractivity (Wildman–Crippen MR) is 120 cm³/mol. The molecule has 0 aromatic heterocycles. The van der Waals surface area contributed by atoms with Gasteiger partial charge in [0.2, 0.25) is 0 Å². The van der Waals surface area contributed by atoms with E-state index >= 15 is 0 Å². The standard InChI is InChI=1S/C24H25NO5S/c1-31(27,28)30-22-12-8-18(9-13-22)16-25(17-23-7-4-14-29-23)24(26)21-11-10-19-5-2-3-6-20(19)15-21/h2-3,5-6,8-13,15,23H,4,7,14,16-17H2,1H3. The van der Waals surface area contributed by atoms with Crippen LogP contribution in [0.15, 0.2) is 66.7 Å². The molecule has 0 saturated carbocycles. The number of carbonyl (C=O) groups excluding carboxylic acids is 1. The van der Waals surface area contributed by atoms with Gasteiger partial charge in [0.1, 0.15) is 5.75 Å². The van der Waals surface area contributed by atoms with Crippen molar-refractivity contribution in [3.05, 3.63) is 77.9 Å². The van der Waals surface area contributed by atoms with Gasteiger partial charge >= 0.3 is 10.1 Å². The van der Waals surface area contributed by atoms with Gasteiger partial charge in [-0.3, -0.25) is 4.79 Å². The predicted octanol–water partition coefficient (Wildman–Crippen LogP) is 4.00. The van der Waals surface area contributed by atoms with Gasteiger partial charge in [-0.25, -0.2) is 0 Å². The van der Waals surface area contributed by atoms with Crippen LogP contribution < -0.4 is 4.18 Å². The molecule has 1 saturated heterocycles. The van der Waals surface area contributed by atoms with Crippen molar-refractivity contribution in [2.24, 2.45) is 0 Å². The second-order valence-corrected chi connectivity index (χ2v) is 9.39. The van der Waals surface area contributed by atoms with Crippen LogP contribution in [-0.2, 0) is 21.4 Å².